The second-order valence-corrected chi connectivity index (χ2v) is 4.56. The number of hydrogen-bond donors (Lipinski definition) is 2. The van der Waals surface area contributed by atoms with E-state index in [2.05, 4.69) is 20.5 Å². The van der Waals surface area contributed by atoms with Gasteiger partial charge in [-0.2, -0.15) is 10.1 Å². The first-order valence-corrected chi connectivity index (χ1v) is 6.09. The molecule has 1 heterocycles. The van der Waals surface area contributed by atoms with Crippen LogP contribution in [0.4, 0.5) is 5.95 Å². The van der Waals surface area contributed by atoms with Crippen molar-refractivity contribution in [2.24, 2.45) is 0 Å². The quantitative estimate of drug-likeness (QED) is 0.909. The number of aromatic nitrogens is 3. The molecule has 100 valence electrons. The van der Waals surface area contributed by atoms with Gasteiger partial charge < -0.3 is 4.74 Å². The highest BCUT2D eigenvalue weighted by atomic mass is 35.5. The SMILES string of the molecule is C[C@H](Oc1cc(Cl)cc(Cl)c1)C(=O)Nc1ncn[nH]1. The van der Waals surface area contributed by atoms with Gasteiger partial charge in [0.2, 0.25) is 5.95 Å². The summed E-state index contributed by atoms with van der Waals surface area (Å²) in [5, 5.41) is 9.51. The minimum absolute atomic E-state index is 0.254. The molecule has 1 amide bonds. The normalized spacial score (nSPS) is 11.9. The van der Waals surface area contributed by atoms with Crippen LogP contribution in [-0.2, 0) is 4.79 Å². The van der Waals surface area contributed by atoms with Crippen LogP contribution in [-0.4, -0.2) is 27.2 Å². The van der Waals surface area contributed by atoms with Gasteiger partial charge in [-0.25, -0.2) is 5.10 Å². The molecule has 0 aliphatic rings. The lowest BCUT2D eigenvalue weighted by Gasteiger charge is -2.14. The van der Waals surface area contributed by atoms with Crippen LogP contribution in [0.2, 0.25) is 10.0 Å². The molecular weight excluding hydrogens is 291 g/mol. The van der Waals surface area contributed by atoms with Crippen molar-refractivity contribution in [1.82, 2.24) is 15.2 Å². The zero-order valence-electron chi connectivity index (χ0n) is 9.85. The maximum atomic E-state index is 11.8. The third-order valence-corrected chi connectivity index (χ3v) is 2.61. The summed E-state index contributed by atoms with van der Waals surface area (Å²) in [6, 6.07) is 4.73. The third-order valence-electron chi connectivity index (χ3n) is 2.17. The Balaban J connectivity index is 2.00. The number of anilines is 1. The summed E-state index contributed by atoms with van der Waals surface area (Å²) >= 11 is 11.7. The molecule has 0 radical (unpaired) electrons. The van der Waals surface area contributed by atoms with Gasteiger partial charge in [0.1, 0.15) is 12.1 Å². The molecule has 2 rings (SSSR count). The van der Waals surface area contributed by atoms with Crippen LogP contribution < -0.4 is 10.1 Å². The third kappa shape index (κ3) is 3.84. The van der Waals surface area contributed by atoms with E-state index in [1.807, 2.05) is 0 Å². The molecule has 0 saturated heterocycles. The lowest BCUT2D eigenvalue weighted by Crippen LogP contribution is -2.30. The summed E-state index contributed by atoms with van der Waals surface area (Å²) in [5.41, 5.74) is 0. The van der Waals surface area contributed by atoms with Crippen LogP contribution in [0.3, 0.4) is 0 Å². The van der Waals surface area contributed by atoms with Gasteiger partial charge in [0, 0.05) is 10.0 Å². The highest BCUT2D eigenvalue weighted by Gasteiger charge is 2.16. The summed E-state index contributed by atoms with van der Waals surface area (Å²) in [5.74, 6) is 0.301. The Morgan fingerprint density at radius 1 is 1.37 bits per heavy atom. The fraction of sp³-hybridized carbons (Fsp3) is 0.182. The van der Waals surface area contributed by atoms with Gasteiger partial charge in [-0.3, -0.25) is 10.1 Å². The van der Waals surface area contributed by atoms with E-state index in [1.54, 1.807) is 25.1 Å². The molecule has 0 saturated carbocycles. The van der Waals surface area contributed by atoms with Crippen molar-refractivity contribution in [2.45, 2.75) is 13.0 Å². The molecule has 0 spiro atoms. The Labute approximate surface area is 119 Å². The van der Waals surface area contributed by atoms with Crippen molar-refractivity contribution in [3.05, 3.63) is 34.6 Å². The van der Waals surface area contributed by atoms with Gasteiger partial charge in [-0.1, -0.05) is 23.2 Å². The number of H-pyrrole nitrogens is 1. The molecule has 1 aromatic heterocycles. The molecule has 2 aromatic rings. The number of ether oxygens (including phenoxy) is 1. The largest absolute Gasteiger partial charge is 0.481 e. The van der Waals surface area contributed by atoms with Gasteiger partial charge in [0.05, 0.1) is 0 Å². The number of benzene rings is 1. The summed E-state index contributed by atoms with van der Waals surface area (Å²) < 4.78 is 5.44. The molecular formula is C11H10Cl2N4O2. The van der Waals surface area contributed by atoms with Crippen LogP contribution in [0.5, 0.6) is 5.75 Å². The van der Waals surface area contributed by atoms with Gasteiger partial charge in [0.15, 0.2) is 6.10 Å². The van der Waals surface area contributed by atoms with Crippen molar-refractivity contribution in [3.63, 3.8) is 0 Å². The highest BCUT2D eigenvalue weighted by molar-refractivity contribution is 6.34. The van der Waals surface area contributed by atoms with Gasteiger partial charge in [-0.15, -0.1) is 0 Å². The second kappa shape index (κ2) is 5.90. The van der Waals surface area contributed by atoms with Crippen molar-refractivity contribution in [1.29, 1.82) is 0 Å². The van der Waals surface area contributed by atoms with E-state index < -0.39 is 6.10 Å². The molecule has 0 unspecified atom stereocenters. The molecule has 2 N–H and O–H groups in total. The number of carbonyl (C=O) groups is 1. The Morgan fingerprint density at radius 3 is 2.63 bits per heavy atom. The molecule has 6 nitrogen and oxygen atoms in total. The first kappa shape index (κ1) is 13.6. The number of rotatable bonds is 4. The van der Waals surface area contributed by atoms with Crippen molar-refractivity contribution >= 4 is 35.1 Å². The number of halogens is 2. The molecule has 0 fully saturated rings. The van der Waals surface area contributed by atoms with Gasteiger partial charge in [0.25, 0.3) is 5.91 Å². The summed E-state index contributed by atoms with van der Waals surface area (Å²) in [7, 11) is 0. The molecule has 8 heteroatoms. The molecule has 0 aliphatic carbocycles. The maximum absolute atomic E-state index is 11.8. The number of hydrogen-bond acceptors (Lipinski definition) is 4. The molecule has 19 heavy (non-hydrogen) atoms. The standard InChI is InChI=1S/C11H10Cl2N4O2/c1-6(10(18)16-11-14-5-15-17-11)19-9-3-7(12)2-8(13)4-9/h2-6H,1H3,(H2,14,15,16,17,18)/t6-/m0/s1. The minimum Gasteiger partial charge on any atom is -0.481 e. The summed E-state index contributed by atoms with van der Waals surface area (Å²) in [6.45, 7) is 1.60. The van der Waals surface area contributed by atoms with E-state index in [1.165, 1.54) is 6.33 Å². The number of nitrogens with one attached hydrogen (secondary N) is 2. The van der Waals surface area contributed by atoms with Crippen LogP contribution in [0.1, 0.15) is 6.92 Å². The number of aromatic amines is 1. The van der Waals surface area contributed by atoms with E-state index in [4.69, 9.17) is 27.9 Å². The highest BCUT2D eigenvalue weighted by Crippen LogP contribution is 2.25. The molecule has 1 aromatic carbocycles. The Hall–Kier alpha value is -1.79. The monoisotopic (exact) mass is 300 g/mol. The zero-order chi connectivity index (χ0) is 13.8. The fourth-order valence-corrected chi connectivity index (χ4v) is 1.84. The minimum atomic E-state index is -0.736. The van der Waals surface area contributed by atoms with Crippen LogP contribution in [0, 0.1) is 0 Å². The number of amides is 1. The summed E-state index contributed by atoms with van der Waals surface area (Å²) in [6.07, 6.45) is 0.553. The van der Waals surface area contributed by atoms with E-state index >= 15 is 0 Å². The average molecular weight is 301 g/mol. The predicted molar refractivity (Wildman–Crippen MR) is 71.6 cm³/mol. The zero-order valence-corrected chi connectivity index (χ0v) is 11.4. The molecule has 1 atom stereocenters. The van der Waals surface area contributed by atoms with Gasteiger partial charge >= 0.3 is 0 Å². The maximum Gasteiger partial charge on any atom is 0.267 e. The Bertz CT molecular complexity index is 554. The first-order chi connectivity index (χ1) is 9.04. The van der Waals surface area contributed by atoms with E-state index in [0.29, 0.717) is 15.8 Å². The average Bonchev–Trinajstić information content (AvgIpc) is 2.80. The van der Waals surface area contributed by atoms with Crippen molar-refractivity contribution in [2.75, 3.05) is 5.32 Å². The first-order valence-electron chi connectivity index (χ1n) is 5.33. The number of nitrogens with zero attached hydrogens (tertiary/aromatic N) is 2. The van der Waals surface area contributed by atoms with E-state index in [0.717, 1.165) is 0 Å². The van der Waals surface area contributed by atoms with Crippen molar-refractivity contribution < 1.29 is 9.53 Å². The van der Waals surface area contributed by atoms with E-state index in [-0.39, 0.29) is 11.9 Å². The Kier molecular flexibility index (Phi) is 4.24. The van der Waals surface area contributed by atoms with Crippen molar-refractivity contribution in [3.8, 4) is 5.75 Å². The second-order valence-electron chi connectivity index (χ2n) is 3.69. The Morgan fingerprint density at radius 2 is 2.05 bits per heavy atom. The van der Waals surface area contributed by atoms with Crippen LogP contribution in [0.15, 0.2) is 24.5 Å². The predicted octanol–water partition coefficient (Wildman–Crippen LogP) is 2.52. The van der Waals surface area contributed by atoms with E-state index in [9.17, 15) is 4.79 Å². The summed E-state index contributed by atoms with van der Waals surface area (Å²) in [4.78, 5) is 15.6. The molecule has 0 bridgehead atoms. The molecule has 0 aliphatic heterocycles. The van der Waals surface area contributed by atoms with Crippen LogP contribution in [0.25, 0.3) is 0 Å². The topological polar surface area (TPSA) is 79.9 Å². The fourth-order valence-electron chi connectivity index (χ4n) is 1.34. The van der Waals surface area contributed by atoms with Crippen LogP contribution >= 0.6 is 23.2 Å². The smallest absolute Gasteiger partial charge is 0.267 e. The lowest BCUT2D eigenvalue weighted by atomic mass is 10.3. The van der Waals surface area contributed by atoms with Gasteiger partial charge in [-0.05, 0) is 25.1 Å². The number of carbonyl (C=O) groups excluding carboxylic acids is 1. The lowest BCUT2D eigenvalue weighted by molar-refractivity contribution is -0.122.